The monoisotopic (exact) mass is 304 g/mol. The van der Waals surface area contributed by atoms with Crippen LogP contribution in [0.3, 0.4) is 0 Å². The van der Waals surface area contributed by atoms with Crippen molar-refractivity contribution in [2.24, 2.45) is 5.92 Å². The lowest BCUT2D eigenvalue weighted by Gasteiger charge is -2.33. The van der Waals surface area contributed by atoms with E-state index in [0.29, 0.717) is 0 Å². The molecule has 1 aliphatic carbocycles. The van der Waals surface area contributed by atoms with Gasteiger partial charge in [0.25, 0.3) is 0 Å². The summed E-state index contributed by atoms with van der Waals surface area (Å²) in [6, 6.07) is 8.51. The smallest absolute Gasteiger partial charge is 0.103 e. The Kier molecular flexibility index (Phi) is 2.67. The first-order valence-corrected chi connectivity index (χ1v) is 7.93. The molecule has 0 bridgehead atoms. The third kappa shape index (κ3) is 1.74. The Bertz CT molecular complexity index is 888. The predicted molar refractivity (Wildman–Crippen MR) is 84.6 cm³/mol. The summed E-state index contributed by atoms with van der Waals surface area (Å²) in [4.78, 5) is 13.1. The standard InChI is InChI=1S/C18H16N4O/c23-18-13(5-6-14-16(18)21-8-7-20-14)17-12-4-2-1-3-11(12)15-9-19-10-22(15)17/h1-4,7-10,13,17-18,23H,5-6H2/t13?,17?,18-/m1/s1. The zero-order valence-electron chi connectivity index (χ0n) is 12.5. The molecule has 0 radical (unpaired) electrons. The number of imidazole rings is 1. The van der Waals surface area contributed by atoms with Crippen LogP contribution in [0.4, 0.5) is 0 Å². The Labute approximate surface area is 133 Å². The van der Waals surface area contributed by atoms with Gasteiger partial charge in [-0.25, -0.2) is 4.98 Å². The minimum Gasteiger partial charge on any atom is -0.386 e. The summed E-state index contributed by atoms with van der Waals surface area (Å²) in [7, 11) is 0. The van der Waals surface area contributed by atoms with Gasteiger partial charge < -0.3 is 9.67 Å². The maximum absolute atomic E-state index is 10.9. The maximum atomic E-state index is 10.9. The molecule has 1 aromatic carbocycles. The van der Waals surface area contributed by atoms with E-state index in [-0.39, 0.29) is 12.0 Å². The molecule has 0 saturated heterocycles. The minimum atomic E-state index is -0.598. The molecule has 3 heterocycles. The number of hydrogen-bond acceptors (Lipinski definition) is 4. The van der Waals surface area contributed by atoms with Gasteiger partial charge >= 0.3 is 0 Å². The lowest BCUT2D eigenvalue weighted by Crippen LogP contribution is -2.29. The van der Waals surface area contributed by atoms with Crippen molar-refractivity contribution in [3.05, 3.63) is 66.1 Å². The third-order valence-corrected chi connectivity index (χ3v) is 5.13. The van der Waals surface area contributed by atoms with Crippen LogP contribution in [0.2, 0.25) is 0 Å². The Morgan fingerprint density at radius 2 is 2.00 bits per heavy atom. The number of fused-ring (bicyclic) bond motifs is 4. The number of rotatable bonds is 1. The summed E-state index contributed by atoms with van der Waals surface area (Å²) in [5, 5.41) is 10.9. The summed E-state index contributed by atoms with van der Waals surface area (Å²) in [6.07, 6.45) is 8.29. The second-order valence-electron chi connectivity index (χ2n) is 6.25. The highest BCUT2D eigenvalue weighted by Gasteiger charge is 2.41. The van der Waals surface area contributed by atoms with Crippen LogP contribution in [0, 0.1) is 5.92 Å². The van der Waals surface area contributed by atoms with E-state index < -0.39 is 6.10 Å². The van der Waals surface area contributed by atoms with E-state index in [2.05, 4.69) is 43.8 Å². The molecule has 5 heteroatoms. The van der Waals surface area contributed by atoms with Crippen LogP contribution in [0.25, 0.3) is 11.3 Å². The van der Waals surface area contributed by atoms with Crippen molar-refractivity contribution in [2.45, 2.75) is 25.0 Å². The molecule has 23 heavy (non-hydrogen) atoms. The highest BCUT2D eigenvalue weighted by atomic mass is 16.3. The molecule has 1 aliphatic heterocycles. The lowest BCUT2D eigenvalue weighted by atomic mass is 9.79. The van der Waals surface area contributed by atoms with Crippen molar-refractivity contribution in [3.63, 3.8) is 0 Å². The van der Waals surface area contributed by atoms with Crippen molar-refractivity contribution in [3.8, 4) is 11.3 Å². The third-order valence-electron chi connectivity index (χ3n) is 5.13. The molecule has 114 valence electrons. The van der Waals surface area contributed by atoms with E-state index >= 15 is 0 Å². The summed E-state index contributed by atoms with van der Waals surface area (Å²) in [5.74, 6) is 0.0794. The molecule has 0 fully saturated rings. The molecule has 2 aliphatic rings. The first kappa shape index (κ1) is 13.0. The second kappa shape index (κ2) is 4.73. The molecule has 1 N–H and O–H groups in total. The molecule has 0 saturated carbocycles. The first-order chi connectivity index (χ1) is 11.3. The highest BCUT2D eigenvalue weighted by molar-refractivity contribution is 5.69. The molecular formula is C18H16N4O. The van der Waals surface area contributed by atoms with Gasteiger partial charge in [-0.1, -0.05) is 24.3 Å². The molecular weight excluding hydrogens is 288 g/mol. The zero-order chi connectivity index (χ0) is 15.4. The fraction of sp³-hybridized carbons (Fsp3) is 0.278. The first-order valence-electron chi connectivity index (χ1n) is 7.93. The van der Waals surface area contributed by atoms with Crippen LogP contribution in [0.1, 0.15) is 35.5 Å². The van der Waals surface area contributed by atoms with Crippen molar-refractivity contribution in [2.75, 3.05) is 0 Å². The lowest BCUT2D eigenvalue weighted by molar-refractivity contribution is 0.0669. The van der Waals surface area contributed by atoms with E-state index in [1.54, 1.807) is 12.4 Å². The van der Waals surface area contributed by atoms with Crippen molar-refractivity contribution in [1.82, 2.24) is 19.5 Å². The molecule has 0 amide bonds. The highest BCUT2D eigenvalue weighted by Crippen LogP contribution is 2.49. The summed E-state index contributed by atoms with van der Waals surface area (Å²) >= 11 is 0. The van der Waals surface area contributed by atoms with E-state index in [1.807, 2.05) is 12.5 Å². The van der Waals surface area contributed by atoms with E-state index in [9.17, 15) is 5.11 Å². The van der Waals surface area contributed by atoms with Gasteiger partial charge in [-0.2, -0.15) is 0 Å². The predicted octanol–water partition coefficient (Wildman–Crippen LogP) is 2.54. The topological polar surface area (TPSA) is 63.8 Å². The van der Waals surface area contributed by atoms with Gasteiger partial charge in [0.1, 0.15) is 6.10 Å². The zero-order valence-corrected chi connectivity index (χ0v) is 12.5. The average molecular weight is 304 g/mol. The van der Waals surface area contributed by atoms with Gasteiger partial charge in [0.2, 0.25) is 0 Å². The summed E-state index contributed by atoms with van der Waals surface area (Å²) < 4.78 is 2.19. The molecule has 2 unspecified atom stereocenters. The van der Waals surface area contributed by atoms with E-state index in [0.717, 1.165) is 29.9 Å². The van der Waals surface area contributed by atoms with Gasteiger partial charge in [0.15, 0.2) is 0 Å². The fourth-order valence-corrected chi connectivity index (χ4v) is 4.12. The van der Waals surface area contributed by atoms with Gasteiger partial charge in [0, 0.05) is 23.9 Å². The van der Waals surface area contributed by atoms with Crippen LogP contribution >= 0.6 is 0 Å². The number of nitrogens with zero attached hydrogens (tertiary/aromatic N) is 4. The number of benzene rings is 1. The van der Waals surface area contributed by atoms with Crippen molar-refractivity contribution < 1.29 is 5.11 Å². The second-order valence-corrected chi connectivity index (χ2v) is 6.25. The number of hydrogen-bond donors (Lipinski definition) is 1. The van der Waals surface area contributed by atoms with E-state index in [4.69, 9.17) is 0 Å². The van der Waals surface area contributed by atoms with Gasteiger partial charge in [-0.15, -0.1) is 0 Å². The summed E-state index contributed by atoms with van der Waals surface area (Å²) in [6.45, 7) is 0. The number of aromatic nitrogens is 4. The van der Waals surface area contributed by atoms with Gasteiger partial charge in [0.05, 0.1) is 35.6 Å². The Hall–Kier alpha value is -2.53. The molecule has 3 aromatic rings. The quantitative estimate of drug-likeness (QED) is 0.750. The van der Waals surface area contributed by atoms with Gasteiger partial charge in [-0.05, 0) is 18.4 Å². The van der Waals surface area contributed by atoms with Gasteiger partial charge in [-0.3, -0.25) is 9.97 Å². The minimum absolute atomic E-state index is 0.0794. The number of aliphatic hydroxyl groups excluding tert-OH is 1. The molecule has 3 atom stereocenters. The van der Waals surface area contributed by atoms with Crippen LogP contribution in [0.5, 0.6) is 0 Å². The maximum Gasteiger partial charge on any atom is 0.103 e. The Morgan fingerprint density at radius 1 is 1.13 bits per heavy atom. The Balaban J connectivity index is 1.64. The molecule has 0 spiro atoms. The molecule has 5 nitrogen and oxygen atoms in total. The van der Waals surface area contributed by atoms with Crippen LogP contribution in [-0.2, 0) is 6.42 Å². The average Bonchev–Trinajstić information content (AvgIpc) is 3.17. The van der Waals surface area contributed by atoms with Crippen LogP contribution in [0.15, 0.2) is 49.2 Å². The molecule has 2 aromatic heterocycles. The Morgan fingerprint density at radius 3 is 2.96 bits per heavy atom. The van der Waals surface area contributed by atoms with E-state index in [1.165, 1.54) is 11.1 Å². The van der Waals surface area contributed by atoms with Crippen molar-refractivity contribution >= 4 is 0 Å². The molecule has 5 rings (SSSR count). The SMILES string of the molecule is O[C@H]1c2nccnc2CCC1C1c2ccccc2-c2cncn21. The fourth-order valence-electron chi connectivity index (χ4n) is 4.12. The number of aliphatic hydroxyl groups is 1. The number of aryl methyl sites for hydroxylation is 1. The summed E-state index contributed by atoms with van der Waals surface area (Å²) in [5.41, 5.74) is 5.26. The normalized spacial score (nSPS) is 24.8. The van der Waals surface area contributed by atoms with Crippen LogP contribution in [-0.4, -0.2) is 24.6 Å². The largest absolute Gasteiger partial charge is 0.386 e. The van der Waals surface area contributed by atoms with Crippen LogP contribution < -0.4 is 0 Å². The van der Waals surface area contributed by atoms with Crippen molar-refractivity contribution in [1.29, 1.82) is 0 Å².